The van der Waals surface area contributed by atoms with E-state index in [-0.39, 0.29) is 18.0 Å². The van der Waals surface area contributed by atoms with E-state index in [4.69, 9.17) is 0 Å². The van der Waals surface area contributed by atoms with Gasteiger partial charge in [-0.25, -0.2) is 14.2 Å². The van der Waals surface area contributed by atoms with Crippen LogP contribution in [0, 0.1) is 11.6 Å². The average Bonchev–Trinajstić information content (AvgIpc) is 2.50. The standard InChI is InChI=1S/C15H20F2N4O/c1-2-20-5-7-21(8-6-20)11-15(22)19-18-10-12-3-4-13(16)9-14(12)17/h3-4,9-10H,2,5-8,11H2,1H3,(H,19,22). The number of benzene rings is 1. The number of nitrogens with zero attached hydrogens (tertiary/aromatic N) is 3. The number of carbonyl (C=O) groups excluding carboxylic acids is 1. The number of hydrogen-bond donors (Lipinski definition) is 1. The second-order valence-corrected chi connectivity index (χ2v) is 5.17. The van der Waals surface area contributed by atoms with Crippen LogP contribution in [0.5, 0.6) is 0 Å². The molecule has 0 bridgehead atoms. The van der Waals surface area contributed by atoms with Crippen molar-refractivity contribution in [1.82, 2.24) is 15.2 Å². The van der Waals surface area contributed by atoms with E-state index in [1.54, 1.807) is 0 Å². The topological polar surface area (TPSA) is 47.9 Å². The molecule has 0 spiro atoms. The molecule has 1 aromatic carbocycles. The normalized spacial score (nSPS) is 17.0. The van der Waals surface area contributed by atoms with Crippen molar-refractivity contribution in [3.8, 4) is 0 Å². The van der Waals surface area contributed by atoms with Gasteiger partial charge in [0.15, 0.2) is 0 Å². The van der Waals surface area contributed by atoms with Crippen molar-refractivity contribution in [1.29, 1.82) is 0 Å². The molecule has 0 saturated carbocycles. The number of hydrazone groups is 1. The van der Waals surface area contributed by atoms with Crippen LogP contribution in [0.15, 0.2) is 23.3 Å². The largest absolute Gasteiger partial charge is 0.301 e. The Hall–Kier alpha value is -1.86. The Morgan fingerprint density at radius 2 is 1.95 bits per heavy atom. The van der Waals surface area contributed by atoms with Crippen LogP contribution in [0.2, 0.25) is 0 Å². The highest BCUT2D eigenvalue weighted by atomic mass is 19.1. The number of amides is 1. The number of halogens is 2. The van der Waals surface area contributed by atoms with Crippen LogP contribution < -0.4 is 5.43 Å². The summed E-state index contributed by atoms with van der Waals surface area (Å²) in [5, 5.41) is 3.70. The minimum absolute atomic E-state index is 0.123. The molecule has 120 valence electrons. The van der Waals surface area contributed by atoms with Crippen molar-refractivity contribution in [2.24, 2.45) is 5.10 Å². The van der Waals surface area contributed by atoms with Crippen molar-refractivity contribution < 1.29 is 13.6 Å². The number of piperazine rings is 1. The fourth-order valence-corrected chi connectivity index (χ4v) is 2.28. The molecule has 1 N–H and O–H groups in total. The zero-order valence-electron chi connectivity index (χ0n) is 12.6. The van der Waals surface area contributed by atoms with Gasteiger partial charge in [0.05, 0.1) is 12.8 Å². The van der Waals surface area contributed by atoms with Crippen molar-refractivity contribution in [3.63, 3.8) is 0 Å². The summed E-state index contributed by atoms with van der Waals surface area (Å²) >= 11 is 0. The molecule has 1 aliphatic heterocycles. The SMILES string of the molecule is CCN1CCN(CC(=O)NN=Cc2ccc(F)cc2F)CC1. The lowest BCUT2D eigenvalue weighted by molar-refractivity contribution is -0.122. The predicted molar refractivity (Wildman–Crippen MR) is 80.6 cm³/mol. The van der Waals surface area contributed by atoms with Gasteiger partial charge in [-0.3, -0.25) is 9.69 Å². The lowest BCUT2D eigenvalue weighted by Crippen LogP contribution is -2.48. The fourth-order valence-electron chi connectivity index (χ4n) is 2.28. The van der Waals surface area contributed by atoms with Crippen LogP contribution in [-0.2, 0) is 4.79 Å². The molecule has 1 fully saturated rings. The maximum absolute atomic E-state index is 13.4. The average molecular weight is 310 g/mol. The Bertz CT molecular complexity index is 542. The fraction of sp³-hybridized carbons (Fsp3) is 0.467. The van der Waals surface area contributed by atoms with Gasteiger partial charge >= 0.3 is 0 Å². The Morgan fingerprint density at radius 1 is 1.27 bits per heavy atom. The molecular formula is C15H20F2N4O. The van der Waals surface area contributed by atoms with E-state index in [1.807, 2.05) is 0 Å². The maximum atomic E-state index is 13.4. The quantitative estimate of drug-likeness (QED) is 0.653. The number of likely N-dealkylation sites (N-methyl/N-ethyl adjacent to an activating group) is 1. The first-order chi connectivity index (χ1) is 10.6. The molecule has 0 unspecified atom stereocenters. The Balaban J connectivity index is 1.77. The summed E-state index contributed by atoms with van der Waals surface area (Å²) in [4.78, 5) is 16.1. The van der Waals surface area contributed by atoms with E-state index >= 15 is 0 Å². The molecule has 0 aliphatic carbocycles. The molecule has 1 saturated heterocycles. The third-order valence-electron chi connectivity index (χ3n) is 3.63. The summed E-state index contributed by atoms with van der Waals surface area (Å²) in [5.74, 6) is -1.61. The first-order valence-electron chi connectivity index (χ1n) is 7.30. The third kappa shape index (κ3) is 4.85. The molecule has 1 aliphatic rings. The summed E-state index contributed by atoms with van der Waals surface area (Å²) in [5.41, 5.74) is 2.48. The van der Waals surface area contributed by atoms with Crippen LogP contribution in [0.4, 0.5) is 8.78 Å². The van der Waals surface area contributed by atoms with Crippen molar-refractivity contribution >= 4 is 12.1 Å². The summed E-state index contributed by atoms with van der Waals surface area (Å²) in [6.45, 7) is 7.00. The first-order valence-corrected chi connectivity index (χ1v) is 7.30. The van der Waals surface area contributed by atoms with Gasteiger partial charge in [-0.15, -0.1) is 0 Å². The predicted octanol–water partition coefficient (Wildman–Crippen LogP) is 1.05. The highest BCUT2D eigenvalue weighted by Crippen LogP contribution is 2.06. The second kappa shape index (κ2) is 7.95. The van der Waals surface area contributed by atoms with Crippen LogP contribution in [0.3, 0.4) is 0 Å². The lowest BCUT2D eigenvalue weighted by Gasteiger charge is -2.33. The number of rotatable bonds is 5. The molecule has 7 heteroatoms. The molecule has 0 atom stereocenters. The van der Waals surface area contributed by atoms with E-state index < -0.39 is 11.6 Å². The molecule has 1 heterocycles. The van der Waals surface area contributed by atoms with Gasteiger partial charge in [-0.05, 0) is 18.7 Å². The molecule has 0 aromatic heterocycles. The molecule has 1 aromatic rings. The van der Waals surface area contributed by atoms with Crippen molar-refractivity contribution in [2.75, 3.05) is 39.3 Å². The molecule has 2 rings (SSSR count). The number of hydrogen-bond acceptors (Lipinski definition) is 4. The molecular weight excluding hydrogens is 290 g/mol. The van der Waals surface area contributed by atoms with Gasteiger partial charge < -0.3 is 4.90 Å². The van der Waals surface area contributed by atoms with Gasteiger partial charge in [0.2, 0.25) is 0 Å². The summed E-state index contributed by atoms with van der Waals surface area (Å²) in [6.07, 6.45) is 1.17. The van der Waals surface area contributed by atoms with Crippen molar-refractivity contribution in [3.05, 3.63) is 35.4 Å². The van der Waals surface area contributed by atoms with Gasteiger partial charge in [-0.2, -0.15) is 5.10 Å². The second-order valence-electron chi connectivity index (χ2n) is 5.17. The Labute approximate surface area is 128 Å². The smallest absolute Gasteiger partial charge is 0.254 e. The Kier molecular flexibility index (Phi) is 5.97. The first kappa shape index (κ1) is 16.5. The monoisotopic (exact) mass is 310 g/mol. The van der Waals surface area contributed by atoms with E-state index in [1.165, 1.54) is 12.3 Å². The molecule has 5 nitrogen and oxygen atoms in total. The minimum Gasteiger partial charge on any atom is -0.301 e. The molecule has 22 heavy (non-hydrogen) atoms. The van der Waals surface area contributed by atoms with Gasteiger partial charge in [0, 0.05) is 37.8 Å². The Morgan fingerprint density at radius 3 is 2.59 bits per heavy atom. The number of nitrogens with one attached hydrogen (secondary N) is 1. The summed E-state index contributed by atoms with van der Waals surface area (Å²) in [7, 11) is 0. The zero-order valence-corrected chi connectivity index (χ0v) is 12.6. The highest BCUT2D eigenvalue weighted by Gasteiger charge is 2.17. The van der Waals surface area contributed by atoms with Gasteiger partial charge in [-0.1, -0.05) is 6.92 Å². The van der Waals surface area contributed by atoms with Crippen LogP contribution in [0.25, 0.3) is 0 Å². The van der Waals surface area contributed by atoms with Gasteiger partial charge in [0.1, 0.15) is 11.6 Å². The summed E-state index contributed by atoms with van der Waals surface area (Å²) in [6, 6.07) is 3.18. The lowest BCUT2D eigenvalue weighted by atomic mass is 10.2. The van der Waals surface area contributed by atoms with Crippen LogP contribution >= 0.6 is 0 Å². The van der Waals surface area contributed by atoms with E-state index in [0.29, 0.717) is 0 Å². The van der Waals surface area contributed by atoms with Crippen LogP contribution in [0.1, 0.15) is 12.5 Å². The van der Waals surface area contributed by atoms with Gasteiger partial charge in [0.25, 0.3) is 5.91 Å². The molecule has 1 amide bonds. The maximum Gasteiger partial charge on any atom is 0.254 e. The zero-order chi connectivity index (χ0) is 15.9. The third-order valence-corrected chi connectivity index (χ3v) is 3.63. The summed E-state index contributed by atoms with van der Waals surface area (Å²) < 4.78 is 26.1. The highest BCUT2D eigenvalue weighted by molar-refractivity contribution is 5.83. The van der Waals surface area contributed by atoms with Crippen molar-refractivity contribution in [2.45, 2.75) is 6.92 Å². The van der Waals surface area contributed by atoms with E-state index in [9.17, 15) is 13.6 Å². The minimum atomic E-state index is -0.714. The van der Waals surface area contributed by atoms with E-state index in [0.717, 1.165) is 44.9 Å². The van der Waals surface area contributed by atoms with Crippen LogP contribution in [-0.4, -0.2) is 61.2 Å². The molecule has 0 radical (unpaired) electrons. The number of carbonyl (C=O) groups is 1. The van der Waals surface area contributed by atoms with E-state index in [2.05, 4.69) is 27.3 Å².